The summed E-state index contributed by atoms with van der Waals surface area (Å²) in [6.45, 7) is 8.09. The van der Waals surface area contributed by atoms with E-state index in [0.717, 1.165) is 22.8 Å². The maximum absolute atomic E-state index is 5.97. The Balaban J connectivity index is 2.64. The molecule has 0 unspecified atom stereocenters. The summed E-state index contributed by atoms with van der Waals surface area (Å²) in [5.74, 6) is 0.830. The molecule has 0 radical (unpaired) electrons. The first-order chi connectivity index (χ1) is 8.02. The lowest BCUT2D eigenvalue weighted by Gasteiger charge is -2.12. The third kappa shape index (κ3) is 1.96. The first kappa shape index (κ1) is 11.8. The number of pyridine rings is 1. The SMILES string of the molecule is Cc1nn(-c2ncccc2[C@H](C)N)c(C)c1C. The molecule has 0 saturated carbocycles. The molecular weight excluding hydrogens is 212 g/mol. The highest BCUT2D eigenvalue weighted by Gasteiger charge is 2.14. The van der Waals surface area contributed by atoms with Gasteiger partial charge in [0.05, 0.1) is 5.69 Å². The van der Waals surface area contributed by atoms with E-state index in [-0.39, 0.29) is 6.04 Å². The average Bonchev–Trinajstić information content (AvgIpc) is 2.57. The Kier molecular flexibility index (Phi) is 2.98. The third-order valence-corrected chi connectivity index (χ3v) is 3.16. The van der Waals surface area contributed by atoms with E-state index in [4.69, 9.17) is 5.73 Å². The normalized spacial score (nSPS) is 12.8. The monoisotopic (exact) mass is 230 g/mol. The van der Waals surface area contributed by atoms with Gasteiger partial charge in [-0.05, 0) is 39.3 Å². The Morgan fingerprint density at radius 2 is 2.00 bits per heavy atom. The summed E-state index contributed by atoms with van der Waals surface area (Å²) in [4.78, 5) is 4.41. The second-order valence-corrected chi connectivity index (χ2v) is 4.41. The fourth-order valence-electron chi connectivity index (χ4n) is 1.87. The second-order valence-electron chi connectivity index (χ2n) is 4.41. The van der Waals surface area contributed by atoms with Crippen LogP contribution in [0.4, 0.5) is 0 Å². The predicted octanol–water partition coefficient (Wildman–Crippen LogP) is 2.21. The highest BCUT2D eigenvalue weighted by molar-refractivity contribution is 5.39. The highest BCUT2D eigenvalue weighted by Crippen LogP contribution is 2.21. The molecule has 0 amide bonds. The van der Waals surface area contributed by atoms with Gasteiger partial charge in [-0.3, -0.25) is 0 Å². The standard InChI is InChI=1S/C13H18N4/c1-8-10(3)16-17(11(8)4)13-12(9(2)14)6-5-7-15-13/h5-7,9H,14H2,1-4H3/t9-/m0/s1. The van der Waals surface area contributed by atoms with Crippen molar-refractivity contribution in [3.05, 3.63) is 40.8 Å². The van der Waals surface area contributed by atoms with Crippen LogP contribution in [0.1, 0.15) is 35.5 Å². The van der Waals surface area contributed by atoms with Gasteiger partial charge in [0.25, 0.3) is 0 Å². The van der Waals surface area contributed by atoms with Crippen molar-refractivity contribution in [3.63, 3.8) is 0 Å². The Morgan fingerprint density at radius 3 is 2.53 bits per heavy atom. The predicted molar refractivity (Wildman–Crippen MR) is 68.2 cm³/mol. The van der Waals surface area contributed by atoms with Crippen LogP contribution in [0.25, 0.3) is 5.82 Å². The maximum atomic E-state index is 5.97. The number of aromatic nitrogens is 3. The summed E-state index contributed by atoms with van der Waals surface area (Å²) in [5, 5.41) is 4.52. The van der Waals surface area contributed by atoms with Crippen molar-refractivity contribution in [2.24, 2.45) is 5.73 Å². The van der Waals surface area contributed by atoms with Crippen molar-refractivity contribution >= 4 is 0 Å². The molecule has 0 bridgehead atoms. The zero-order valence-electron chi connectivity index (χ0n) is 10.7. The Labute approximate surface area is 101 Å². The van der Waals surface area contributed by atoms with E-state index in [2.05, 4.69) is 23.9 Å². The molecule has 0 aromatic carbocycles. The maximum Gasteiger partial charge on any atom is 0.158 e. The number of nitrogens with zero attached hydrogens (tertiary/aromatic N) is 3. The van der Waals surface area contributed by atoms with Crippen LogP contribution in [-0.4, -0.2) is 14.8 Å². The third-order valence-electron chi connectivity index (χ3n) is 3.16. The van der Waals surface area contributed by atoms with Crippen LogP contribution < -0.4 is 5.73 Å². The van der Waals surface area contributed by atoms with Crippen molar-refractivity contribution < 1.29 is 0 Å². The van der Waals surface area contributed by atoms with E-state index in [0.29, 0.717) is 0 Å². The Bertz CT molecular complexity index is 540. The van der Waals surface area contributed by atoms with Crippen LogP contribution in [0.5, 0.6) is 0 Å². The van der Waals surface area contributed by atoms with Gasteiger partial charge in [0.2, 0.25) is 0 Å². The number of aryl methyl sites for hydroxylation is 1. The molecule has 4 nitrogen and oxygen atoms in total. The summed E-state index contributed by atoms with van der Waals surface area (Å²) < 4.78 is 1.88. The lowest BCUT2D eigenvalue weighted by Crippen LogP contribution is -2.12. The molecular formula is C13H18N4. The molecule has 1 atom stereocenters. The Hall–Kier alpha value is -1.68. The topological polar surface area (TPSA) is 56.7 Å². The van der Waals surface area contributed by atoms with Gasteiger partial charge in [0.15, 0.2) is 5.82 Å². The Morgan fingerprint density at radius 1 is 1.29 bits per heavy atom. The fourth-order valence-corrected chi connectivity index (χ4v) is 1.87. The molecule has 0 aliphatic carbocycles. The summed E-state index contributed by atoms with van der Waals surface area (Å²) in [5.41, 5.74) is 10.3. The molecule has 2 rings (SSSR count). The van der Waals surface area contributed by atoms with Gasteiger partial charge < -0.3 is 5.73 Å². The van der Waals surface area contributed by atoms with Crippen molar-refractivity contribution in [1.29, 1.82) is 0 Å². The summed E-state index contributed by atoms with van der Waals surface area (Å²) in [6, 6.07) is 3.85. The molecule has 0 aliphatic heterocycles. The molecule has 90 valence electrons. The minimum absolute atomic E-state index is 0.0529. The molecule has 2 N–H and O–H groups in total. The van der Waals surface area contributed by atoms with Crippen LogP contribution in [0.3, 0.4) is 0 Å². The molecule has 0 saturated heterocycles. The van der Waals surface area contributed by atoms with E-state index in [1.54, 1.807) is 6.20 Å². The molecule has 17 heavy (non-hydrogen) atoms. The van der Waals surface area contributed by atoms with Gasteiger partial charge >= 0.3 is 0 Å². The lowest BCUT2D eigenvalue weighted by molar-refractivity contribution is 0.745. The minimum atomic E-state index is -0.0529. The highest BCUT2D eigenvalue weighted by atomic mass is 15.3. The van der Waals surface area contributed by atoms with Gasteiger partial charge in [0, 0.05) is 23.5 Å². The molecule has 4 heteroatoms. The van der Waals surface area contributed by atoms with Gasteiger partial charge in [-0.25, -0.2) is 9.67 Å². The zero-order chi connectivity index (χ0) is 12.6. The largest absolute Gasteiger partial charge is 0.324 e. The number of hydrogen-bond donors (Lipinski definition) is 1. The van der Waals surface area contributed by atoms with Crippen molar-refractivity contribution in [1.82, 2.24) is 14.8 Å². The van der Waals surface area contributed by atoms with Crippen molar-refractivity contribution in [2.75, 3.05) is 0 Å². The summed E-state index contributed by atoms with van der Waals surface area (Å²) in [6.07, 6.45) is 1.77. The van der Waals surface area contributed by atoms with Gasteiger partial charge in [-0.2, -0.15) is 5.10 Å². The van der Waals surface area contributed by atoms with Gasteiger partial charge in [-0.1, -0.05) is 6.07 Å². The first-order valence-corrected chi connectivity index (χ1v) is 5.76. The lowest BCUT2D eigenvalue weighted by atomic mass is 10.1. The van der Waals surface area contributed by atoms with E-state index in [1.807, 2.05) is 30.7 Å². The van der Waals surface area contributed by atoms with Crippen molar-refractivity contribution in [3.8, 4) is 5.82 Å². The molecule has 2 heterocycles. The average molecular weight is 230 g/mol. The number of hydrogen-bond acceptors (Lipinski definition) is 3. The van der Waals surface area contributed by atoms with E-state index < -0.39 is 0 Å². The molecule has 0 spiro atoms. The number of nitrogens with two attached hydrogens (primary N) is 1. The smallest absolute Gasteiger partial charge is 0.158 e. The second kappa shape index (κ2) is 4.30. The van der Waals surface area contributed by atoms with Gasteiger partial charge in [-0.15, -0.1) is 0 Å². The minimum Gasteiger partial charge on any atom is -0.324 e. The van der Waals surface area contributed by atoms with Crippen LogP contribution in [0.2, 0.25) is 0 Å². The zero-order valence-corrected chi connectivity index (χ0v) is 10.7. The molecule has 2 aromatic rings. The van der Waals surface area contributed by atoms with E-state index in [1.165, 1.54) is 5.56 Å². The molecule has 0 aliphatic rings. The summed E-state index contributed by atoms with van der Waals surface area (Å²) >= 11 is 0. The summed E-state index contributed by atoms with van der Waals surface area (Å²) in [7, 11) is 0. The van der Waals surface area contributed by atoms with Gasteiger partial charge in [0.1, 0.15) is 0 Å². The van der Waals surface area contributed by atoms with Crippen molar-refractivity contribution in [2.45, 2.75) is 33.7 Å². The molecule has 0 fully saturated rings. The number of rotatable bonds is 2. The van der Waals surface area contributed by atoms with Crippen LogP contribution >= 0.6 is 0 Å². The van der Waals surface area contributed by atoms with E-state index in [9.17, 15) is 0 Å². The van der Waals surface area contributed by atoms with E-state index >= 15 is 0 Å². The first-order valence-electron chi connectivity index (χ1n) is 5.76. The van der Waals surface area contributed by atoms with Crippen LogP contribution in [-0.2, 0) is 0 Å². The van der Waals surface area contributed by atoms with Crippen LogP contribution in [0.15, 0.2) is 18.3 Å². The van der Waals surface area contributed by atoms with Crippen LogP contribution in [0, 0.1) is 20.8 Å². The molecule has 2 aromatic heterocycles. The fraction of sp³-hybridized carbons (Fsp3) is 0.385. The quantitative estimate of drug-likeness (QED) is 0.860.